The third-order valence-electron chi connectivity index (χ3n) is 2.89. The van der Waals surface area contributed by atoms with Gasteiger partial charge in [-0.1, -0.05) is 13.8 Å². The van der Waals surface area contributed by atoms with E-state index in [0.29, 0.717) is 6.42 Å². The van der Waals surface area contributed by atoms with Crippen LogP contribution in [-0.4, -0.2) is 51.7 Å². The zero-order valence-electron chi connectivity index (χ0n) is 10.2. The Labute approximate surface area is 100 Å². The molecule has 1 saturated heterocycles. The Bertz CT molecular complexity index is 306. The fourth-order valence-corrected chi connectivity index (χ4v) is 2.11. The highest BCUT2D eigenvalue weighted by atomic mass is 16.4. The number of carboxylic acid groups (broad SMARTS) is 1. The van der Waals surface area contributed by atoms with Crippen LogP contribution in [0.5, 0.6) is 0 Å². The first-order valence-corrected chi connectivity index (χ1v) is 5.79. The first kappa shape index (κ1) is 13.9. The number of amides is 1. The van der Waals surface area contributed by atoms with Gasteiger partial charge in [0, 0.05) is 13.0 Å². The van der Waals surface area contributed by atoms with Crippen LogP contribution >= 0.6 is 0 Å². The molecule has 6 heteroatoms. The molecule has 17 heavy (non-hydrogen) atoms. The van der Waals surface area contributed by atoms with Gasteiger partial charge in [-0.05, 0) is 12.3 Å². The third-order valence-corrected chi connectivity index (χ3v) is 2.89. The molecule has 1 rings (SSSR count). The zero-order chi connectivity index (χ0) is 13.2. The van der Waals surface area contributed by atoms with E-state index in [9.17, 15) is 14.7 Å². The van der Waals surface area contributed by atoms with E-state index in [2.05, 4.69) is 0 Å². The van der Waals surface area contributed by atoms with Gasteiger partial charge < -0.3 is 20.8 Å². The van der Waals surface area contributed by atoms with Gasteiger partial charge in [0.2, 0.25) is 5.91 Å². The Morgan fingerprint density at radius 1 is 1.47 bits per heavy atom. The van der Waals surface area contributed by atoms with Gasteiger partial charge in [0.15, 0.2) is 0 Å². The van der Waals surface area contributed by atoms with Gasteiger partial charge >= 0.3 is 5.97 Å². The maximum atomic E-state index is 12.0. The Balaban J connectivity index is 2.70. The van der Waals surface area contributed by atoms with Crippen molar-refractivity contribution in [1.82, 2.24) is 4.90 Å². The van der Waals surface area contributed by atoms with E-state index < -0.39 is 24.2 Å². The highest BCUT2D eigenvalue weighted by Crippen LogP contribution is 2.20. The van der Waals surface area contributed by atoms with E-state index in [1.165, 1.54) is 4.90 Å². The van der Waals surface area contributed by atoms with Crippen molar-refractivity contribution in [3.63, 3.8) is 0 Å². The average Bonchev–Trinajstić information content (AvgIpc) is 2.58. The summed E-state index contributed by atoms with van der Waals surface area (Å²) in [6, 6.07) is -1.64. The molecule has 1 fully saturated rings. The number of aliphatic hydroxyl groups excluding tert-OH is 1. The molecule has 1 aliphatic rings. The van der Waals surface area contributed by atoms with Crippen molar-refractivity contribution < 1.29 is 19.8 Å². The molecule has 0 bridgehead atoms. The van der Waals surface area contributed by atoms with Crippen LogP contribution in [0.4, 0.5) is 0 Å². The second-order valence-corrected chi connectivity index (χ2v) is 4.97. The predicted octanol–water partition coefficient (Wildman–Crippen LogP) is -0.594. The number of carbonyl (C=O) groups is 2. The van der Waals surface area contributed by atoms with Gasteiger partial charge in [0.1, 0.15) is 6.04 Å². The summed E-state index contributed by atoms with van der Waals surface area (Å²) < 4.78 is 0. The first-order valence-electron chi connectivity index (χ1n) is 5.79. The van der Waals surface area contributed by atoms with Crippen LogP contribution < -0.4 is 5.73 Å². The number of carbonyl (C=O) groups excluding carboxylic acids is 1. The van der Waals surface area contributed by atoms with Gasteiger partial charge in [-0.3, -0.25) is 4.79 Å². The summed E-state index contributed by atoms with van der Waals surface area (Å²) in [6.45, 7) is 3.95. The molecule has 0 spiro atoms. The molecule has 98 valence electrons. The normalized spacial score (nSPS) is 26.3. The summed E-state index contributed by atoms with van der Waals surface area (Å²) in [7, 11) is 0. The molecular formula is C11H20N2O4. The van der Waals surface area contributed by atoms with Crippen LogP contribution in [0, 0.1) is 5.92 Å². The highest BCUT2D eigenvalue weighted by Gasteiger charge is 2.40. The number of likely N-dealkylation sites (tertiary alicyclic amines) is 1. The Morgan fingerprint density at radius 3 is 2.53 bits per heavy atom. The molecule has 0 radical (unpaired) electrons. The largest absolute Gasteiger partial charge is 0.480 e. The lowest BCUT2D eigenvalue weighted by atomic mass is 10.0. The Morgan fingerprint density at radius 2 is 2.06 bits per heavy atom. The molecule has 3 atom stereocenters. The fourth-order valence-electron chi connectivity index (χ4n) is 2.11. The van der Waals surface area contributed by atoms with Crippen molar-refractivity contribution in [3.8, 4) is 0 Å². The van der Waals surface area contributed by atoms with Crippen molar-refractivity contribution in [2.45, 2.75) is 44.9 Å². The Hall–Kier alpha value is -1.14. The number of aliphatic hydroxyl groups is 1. The van der Waals surface area contributed by atoms with Gasteiger partial charge in [-0.15, -0.1) is 0 Å². The minimum atomic E-state index is -1.09. The smallest absolute Gasteiger partial charge is 0.326 e. The van der Waals surface area contributed by atoms with Crippen LogP contribution in [0.15, 0.2) is 0 Å². The lowest BCUT2D eigenvalue weighted by Gasteiger charge is -2.25. The summed E-state index contributed by atoms with van der Waals surface area (Å²) >= 11 is 0. The lowest BCUT2D eigenvalue weighted by molar-refractivity contribution is -0.148. The van der Waals surface area contributed by atoms with Gasteiger partial charge in [-0.25, -0.2) is 4.79 Å². The van der Waals surface area contributed by atoms with E-state index in [1.54, 1.807) is 0 Å². The topological polar surface area (TPSA) is 104 Å². The number of nitrogens with two attached hydrogens (primary N) is 1. The first-order chi connectivity index (χ1) is 7.82. The SMILES string of the molecule is CC(C)C[C@H](N)C(=O)N1C[C@H](O)C[C@@H]1C(=O)O. The zero-order valence-corrected chi connectivity index (χ0v) is 10.2. The molecule has 0 unspecified atom stereocenters. The number of carboxylic acids is 1. The molecule has 4 N–H and O–H groups in total. The minimum absolute atomic E-state index is 0.0571. The van der Waals surface area contributed by atoms with E-state index >= 15 is 0 Å². The van der Waals surface area contributed by atoms with Crippen molar-refractivity contribution in [2.24, 2.45) is 11.7 Å². The van der Waals surface area contributed by atoms with Gasteiger partial charge in [-0.2, -0.15) is 0 Å². The monoisotopic (exact) mass is 244 g/mol. The minimum Gasteiger partial charge on any atom is -0.480 e. The molecule has 0 aromatic rings. The molecule has 0 aromatic heterocycles. The number of aliphatic carboxylic acids is 1. The van der Waals surface area contributed by atoms with Crippen LogP contribution in [0.25, 0.3) is 0 Å². The van der Waals surface area contributed by atoms with Crippen molar-refractivity contribution in [3.05, 3.63) is 0 Å². The van der Waals surface area contributed by atoms with E-state index in [4.69, 9.17) is 10.8 Å². The molecular weight excluding hydrogens is 224 g/mol. The van der Waals surface area contributed by atoms with Crippen LogP contribution in [0.3, 0.4) is 0 Å². The van der Waals surface area contributed by atoms with E-state index in [-0.39, 0.29) is 24.8 Å². The predicted molar refractivity (Wildman–Crippen MR) is 61.2 cm³/mol. The van der Waals surface area contributed by atoms with Crippen molar-refractivity contribution in [1.29, 1.82) is 0 Å². The number of β-amino-alcohol motifs (C(OH)–C–C–N with tert-alkyl or cyclic N) is 1. The maximum absolute atomic E-state index is 12.0. The second-order valence-electron chi connectivity index (χ2n) is 4.97. The van der Waals surface area contributed by atoms with E-state index in [1.807, 2.05) is 13.8 Å². The van der Waals surface area contributed by atoms with Crippen molar-refractivity contribution >= 4 is 11.9 Å². The van der Waals surface area contributed by atoms with Crippen LogP contribution in [0.2, 0.25) is 0 Å². The van der Waals surface area contributed by atoms with Crippen LogP contribution in [-0.2, 0) is 9.59 Å². The summed E-state index contributed by atoms with van der Waals surface area (Å²) in [5.41, 5.74) is 5.74. The third kappa shape index (κ3) is 3.41. The molecule has 1 aliphatic heterocycles. The molecule has 0 saturated carbocycles. The number of hydrogen-bond donors (Lipinski definition) is 3. The van der Waals surface area contributed by atoms with Crippen molar-refractivity contribution in [2.75, 3.05) is 6.54 Å². The average molecular weight is 244 g/mol. The second kappa shape index (κ2) is 5.46. The van der Waals surface area contributed by atoms with Gasteiger partial charge in [0.05, 0.1) is 12.1 Å². The summed E-state index contributed by atoms with van der Waals surface area (Å²) in [5, 5.41) is 18.4. The molecule has 1 heterocycles. The number of nitrogens with zero attached hydrogens (tertiary/aromatic N) is 1. The molecule has 1 amide bonds. The molecule has 0 aromatic carbocycles. The molecule has 0 aliphatic carbocycles. The van der Waals surface area contributed by atoms with Gasteiger partial charge in [0.25, 0.3) is 0 Å². The maximum Gasteiger partial charge on any atom is 0.326 e. The molecule has 6 nitrogen and oxygen atoms in total. The van der Waals surface area contributed by atoms with Crippen LogP contribution in [0.1, 0.15) is 26.7 Å². The summed E-state index contributed by atoms with van der Waals surface area (Å²) in [5.74, 6) is -1.21. The number of hydrogen-bond acceptors (Lipinski definition) is 4. The van der Waals surface area contributed by atoms with E-state index in [0.717, 1.165) is 0 Å². The standard InChI is InChI=1S/C11H20N2O4/c1-6(2)3-8(12)10(15)13-5-7(14)4-9(13)11(16)17/h6-9,14H,3-5,12H2,1-2H3,(H,16,17)/t7-,8+,9-/m1/s1. The number of rotatable bonds is 4. The summed E-state index contributed by atoms with van der Waals surface area (Å²) in [6.07, 6.45) is -0.181. The Kier molecular flexibility index (Phi) is 4.47. The lowest BCUT2D eigenvalue weighted by Crippen LogP contribution is -2.49. The quantitative estimate of drug-likeness (QED) is 0.613. The highest BCUT2D eigenvalue weighted by molar-refractivity contribution is 5.87. The summed E-state index contributed by atoms with van der Waals surface area (Å²) in [4.78, 5) is 24.1. The fraction of sp³-hybridized carbons (Fsp3) is 0.818.